The van der Waals surface area contributed by atoms with Crippen LogP contribution in [0, 0.1) is 13.8 Å². The fraction of sp³-hybridized carbons (Fsp3) is 0.375. The summed E-state index contributed by atoms with van der Waals surface area (Å²) in [6, 6.07) is 10.2. The van der Waals surface area contributed by atoms with Crippen LogP contribution in [-0.2, 0) is 0 Å². The molecule has 19 heavy (non-hydrogen) atoms. The van der Waals surface area contributed by atoms with Crippen LogP contribution < -0.4 is 5.32 Å². The van der Waals surface area contributed by atoms with Gasteiger partial charge in [0.15, 0.2) is 0 Å². The molecule has 0 amide bonds. The van der Waals surface area contributed by atoms with E-state index in [9.17, 15) is 0 Å². The van der Waals surface area contributed by atoms with E-state index in [0.29, 0.717) is 0 Å². The molecule has 0 saturated heterocycles. The van der Waals surface area contributed by atoms with Gasteiger partial charge < -0.3 is 9.73 Å². The molecule has 0 aliphatic heterocycles. The predicted molar refractivity (Wildman–Crippen MR) is 79.8 cm³/mol. The van der Waals surface area contributed by atoms with Crippen molar-refractivity contribution in [3.63, 3.8) is 0 Å². The van der Waals surface area contributed by atoms with Gasteiger partial charge in [-0.2, -0.15) is 0 Å². The van der Waals surface area contributed by atoms with Crippen LogP contribution >= 0.6 is 11.6 Å². The smallest absolute Gasteiger partial charge is 0.125 e. The maximum absolute atomic E-state index is 6.10. The van der Waals surface area contributed by atoms with Crippen LogP contribution in [-0.4, -0.2) is 6.54 Å². The van der Waals surface area contributed by atoms with Crippen LogP contribution in [0.15, 0.2) is 34.7 Å². The largest absolute Gasteiger partial charge is 0.464 e. The van der Waals surface area contributed by atoms with Gasteiger partial charge in [-0.3, -0.25) is 0 Å². The molecule has 2 aromatic rings. The van der Waals surface area contributed by atoms with Gasteiger partial charge in [0.25, 0.3) is 0 Å². The van der Waals surface area contributed by atoms with Gasteiger partial charge in [0.05, 0.1) is 6.04 Å². The van der Waals surface area contributed by atoms with Crippen molar-refractivity contribution in [3.8, 4) is 0 Å². The lowest BCUT2D eigenvalue weighted by Crippen LogP contribution is -2.22. The van der Waals surface area contributed by atoms with E-state index in [4.69, 9.17) is 16.0 Å². The summed E-state index contributed by atoms with van der Waals surface area (Å²) in [4.78, 5) is 0. The van der Waals surface area contributed by atoms with Gasteiger partial charge in [-0.15, -0.1) is 0 Å². The number of benzene rings is 1. The highest BCUT2D eigenvalue weighted by molar-refractivity contribution is 6.31. The minimum atomic E-state index is 0.0876. The van der Waals surface area contributed by atoms with E-state index in [1.165, 1.54) is 5.56 Å². The summed E-state index contributed by atoms with van der Waals surface area (Å²) in [5, 5.41) is 4.32. The van der Waals surface area contributed by atoms with Crippen LogP contribution in [0.1, 0.15) is 42.0 Å². The molecule has 0 bridgehead atoms. The molecule has 1 heterocycles. The third-order valence-electron chi connectivity index (χ3n) is 3.16. The van der Waals surface area contributed by atoms with E-state index in [2.05, 4.69) is 24.4 Å². The van der Waals surface area contributed by atoms with E-state index < -0.39 is 0 Å². The van der Waals surface area contributed by atoms with Gasteiger partial charge in [-0.1, -0.05) is 30.7 Å². The summed E-state index contributed by atoms with van der Waals surface area (Å²) in [6.45, 7) is 7.10. The average Bonchev–Trinajstić information content (AvgIpc) is 2.80. The van der Waals surface area contributed by atoms with Crippen molar-refractivity contribution in [1.29, 1.82) is 0 Å². The first-order chi connectivity index (χ1) is 9.11. The van der Waals surface area contributed by atoms with E-state index in [0.717, 1.165) is 35.1 Å². The Morgan fingerprint density at radius 3 is 2.58 bits per heavy atom. The van der Waals surface area contributed by atoms with Crippen LogP contribution in [0.4, 0.5) is 0 Å². The Morgan fingerprint density at radius 2 is 2.00 bits per heavy atom. The molecular formula is C16H20ClNO. The van der Waals surface area contributed by atoms with Crippen LogP contribution in [0.5, 0.6) is 0 Å². The Balaban J connectivity index is 2.33. The zero-order valence-corrected chi connectivity index (χ0v) is 12.4. The molecule has 0 aliphatic rings. The summed E-state index contributed by atoms with van der Waals surface area (Å²) in [5.74, 6) is 1.89. The van der Waals surface area contributed by atoms with E-state index in [-0.39, 0.29) is 6.04 Å². The standard InChI is InChI=1S/C16H20ClNO/c1-4-9-18-16(15-8-5-12(3)19-15)13-6-7-14(17)11(2)10-13/h5-8,10,16,18H,4,9H2,1-3H3. The summed E-state index contributed by atoms with van der Waals surface area (Å²) in [6.07, 6.45) is 1.09. The van der Waals surface area contributed by atoms with Crippen LogP contribution in [0.25, 0.3) is 0 Å². The number of nitrogens with one attached hydrogen (secondary N) is 1. The molecule has 0 aliphatic carbocycles. The molecule has 1 atom stereocenters. The van der Waals surface area contributed by atoms with Crippen molar-refractivity contribution in [2.75, 3.05) is 6.54 Å². The van der Waals surface area contributed by atoms with Gasteiger partial charge in [0, 0.05) is 5.02 Å². The highest BCUT2D eigenvalue weighted by atomic mass is 35.5. The SMILES string of the molecule is CCCNC(c1ccc(Cl)c(C)c1)c1ccc(C)o1. The van der Waals surface area contributed by atoms with Crippen molar-refractivity contribution >= 4 is 11.6 Å². The molecule has 102 valence electrons. The fourth-order valence-corrected chi connectivity index (χ4v) is 2.24. The molecule has 0 spiro atoms. The molecule has 1 N–H and O–H groups in total. The Morgan fingerprint density at radius 1 is 1.21 bits per heavy atom. The molecule has 1 aromatic carbocycles. The van der Waals surface area contributed by atoms with Gasteiger partial charge in [0.2, 0.25) is 0 Å². The Kier molecular flexibility index (Phi) is 4.67. The van der Waals surface area contributed by atoms with Gasteiger partial charge >= 0.3 is 0 Å². The third-order valence-corrected chi connectivity index (χ3v) is 3.58. The second-order valence-corrected chi connectivity index (χ2v) is 5.25. The lowest BCUT2D eigenvalue weighted by Gasteiger charge is -2.17. The summed E-state index contributed by atoms with van der Waals surface area (Å²) < 4.78 is 5.77. The number of hydrogen-bond donors (Lipinski definition) is 1. The van der Waals surface area contributed by atoms with E-state index in [1.54, 1.807) is 0 Å². The van der Waals surface area contributed by atoms with Crippen molar-refractivity contribution in [2.45, 2.75) is 33.2 Å². The minimum Gasteiger partial charge on any atom is -0.464 e. The molecular weight excluding hydrogens is 258 g/mol. The lowest BCUT2D eigenvalue weighted by molar-refractivity contribution is 0.430. The maximum atomic E-state index is 6.10. The van der Waals surface area contributed by atoms with Crippen molar-refractivity contribution in [1.82, 2.24) is 5.32 Å². The molecule has 3 heteroatoms. The number of furan rings is 1. The lowest BCUT2D eigenvalue weighted by atomic mass is 10.0. The highest BCUT2D eigenvalue weighted by Gasteiger charge is 2.17. The summed E-state index contributed by atoms with van der Waals surface area (Å²) in [7, 11) is 0. The van der Waals surface area contributed by atoms with Crippen molar-refractivity contribution < 1.29 is 4.42 Å². The first kappa shape index (κ1) is 14.2. The minimum absolute atomic E-state index is 0.0876. The summed E-state index contributed by atoms with van der Waals surface area (Å²) >= 11 is 6.10. The monoisotopic (exact) mass is 277 g/mol. The normalized spacial score (nSPS) is 12.6. The van der Waals surface area contributed by atoms with Gasteiger partial charge in [0.1, 0.15) is 11.5 Å². The zero-order chi connectivity index (χ0) is 13.8. The number of rotatable bonds is 5. The summed E-state index contributed by atoms with van der Waals surface area (Å²) in [5.41, 5.74) is 2.27. The Labute approximate surface area is 119 Å². The van der Waals surface area contributed by atoms with E-state index in [1.807, 2.05) is 32.0 Å². The topological polar surface area (TPSA) is 25.2 Å². The molecule has 2 nitrogen and oxygen atoms in total. The Bertz CT molecular complexity index is 547. The molecule has 1 unspecified atom stereocenters. The second-order valence-electron chi connectivity index (χ2n) is 4.84. The first-order valence-electron chi connectivity index (χ1n) is 6.67. The number of halogens is 1. The molecule has 0 radical (unpaired) electrons. The van der Waals surface area contributed by atoms with Crippen LogP contribution in [0.3, 0.4) is 0 Å². The Hall–Kier alpha value is -1.25. The van der Waals surface area contributed by atoms with Crippen molar-refractivity contribution in [3.05, 3.63) is 58.0 Å². The van der Waals surface area contributed by atoms with Gasteiger partial charge in [-0.05, 0) is 56.1 Å². The quantitative estimate of drug-likeness (QED) is 0.861. The first-order valence-corrected chi connectivity index (χ1v) is 7.05. The molecule has 0 saturated carbocycles. The molecule has 2 rings (SSSR count). The zero-order valence-electron chi connectivity index (χ0n) is 11.7. The second kappa shape index (κ2) is 6.27. The third kappa shape index (κ3) is 3.40. The van der Waals surface area contributed by atoms with Crippen molar-refractivity contribution in [2.24, 2.45) is 0 Å². The maximum Gasteiger partial charge on any atom is 0.125 e. The average molecular weight is 278 g/mol. The highest BCUT2D eigenvalue weighted by Crippen LogP contribution is 2.27. The molecule has 0 fully saturated rings. The number of hydrogen-bond acceptors (Lipinski definition) is 2. The van der Waals surface area contributed by atoms with Gasteiger partial charge in [-0.25, -0.2) is 0 Å². The number of aryl methyl sites for hydroxylation is 2. The predicted octanol–water partition coefficient (Wildman–Crippen LogP) is 4.64. The van der Waals surface area contributed by atoms with Crippen LogP contribution in [0.2, 0.25) is 5.02 Å². The fourth-order valence-electron chi connectivity index (χ4n) is 2.13. The van der Waals surface area contributed by atoms with E-state index >= 15 is 0 Å². The molecule has 1 aromatic heterocycles.